The Labute approximate surface area is 86.4 Å². The van der Waals surface area contributed by atoms with Crippen molar-refractivity contribution in [3.8, 4) is 0 Å². The quantitative estimate of drug-likeness (QED) is 0.781. The lowest BCUT2D eigenvalue weighted by Gasteiger charge is -2.19. The van der Waals surface area contributed by atoms with Gasteiger partial charge >= 0.3 is 0 Å². The summed E-state index contributed by atoms with van der Waals surface area (Å²) in [7, 11) is 0. The van der Waals surface area contributed by atoms with Crippen molar-refractivity contribution >= 4 is 17.0 Å². The minimum absolute atomic E-state index is 0. The Bertz CT molecular complexity index is 301. The van der Waals surface area contributed by atoms with Crippen LogP contribution in [0.3, 0.4) is 0 Å². The van der Waals surface area contributed by atoms with E-state index >= 15 is 0 Å². The smallest absolute Gasteiger partial charge is 0.280 e. The molecule has 5 heteroatoms. The molecule has 1 aliphatic rings. The van der Waals surface area contributed by atoms with Crippen LogP contribution in [-0.4, -0.2) is 18.2 Å². The Kier molecular flexibility index (Phi) is 3.74. The van der Waals surface area contributed by atoms with Crippen molar-refractivity contribution in [1.82, 2.24) is 10.5 Å². The summed E-state index contributed by atoms with van der Waals surface area (Å²) in [5.74, 6) is 1.23. The number of H-pyrrole nitrogens is 1. The molecule has 0 unspecified atom stereocenters. The molecule has 1 fully saturated rings. The maximum atomic E-state index is 10.8. The number of piperidine rings is 1. The highest BCUT2D eigenvalue weighted by molar-refractivity contribution is 8.93. The molecule has 74 valence electrons. The summed E-state index contributed by atoms with van der Waals surface area (Å²) < 4.78 is 5.04. The lowest BCUT2D eigenvalue weighted by atomic mass is 9.96. The molecule has 0 aliphatic carbocycles. The van der Waals surface area contributed by atoms with E-state index in [0.717, 1.165) is 31.7 Å². The molecule has 1 saturated heterocycles. The zero-order valence-corrected chi connectivity index (χ0v) is 8.92. The van der Waals surface area contributed by atoms with Crippen molar-refractivity contribution < 1.29 is 4.52 Å². The number of nitrogens with one attached hydrogen (secondary N) is 2. The third-order valence-electron chi connectivity index (χ3n) is 2.28. The van der Waals surface area contributed by atoms with Gasteiger partial charge in [-0.3, -0.25) is 4.79 Å². The summed E-state index contributed by atoms with van der Waals surface area (Å²) in [6, 6.07) is 1.55. The average molecular weight is 249 g/mol. The summed E-state index contributed by atoms with van der Waals surface area (Å²) in [6.07, 6.45) is 2.11. The lowest BCUT2D eigenvalue weighted by molar-refractivity contribution is 0.325. The molecule has 1 aromatic heterocycles. The molecule has 0 bridgehead atoms. The molecule has 2 rings (SSSR count). The van der Waals surface area contributed by atoms with E-state index in [1.807, 2.05) is 0 Å². The van der Waals surface area contributed by atoms with Gasteiger partial charge in [0.25, 0.3) is 5.56 Å². The highest BCUT2D eigenvalue weighted by atomic mass is 79.9. The van der Waals surface area contributed by atoms with Crippen LogP contribution in [0.5, 0.6) is 0 Å². The fraction of sp³-hybridized carbons (Fsp3) is 0.625. The van der Waals surface area contributed by atoms with Gasteiger partial charge in [-0.15, -0.1) is 17.0 Å². The van der Waals surface area contributed by atoms with Crippen LogP contribution in [0.25, 0.3) is 0 Å². The van der Waals surface area contributed by atoms with Crippen LogP contribution in [0.15, 0.2) is 15.4 Å². The first kappa shape index (κ1) is 10.5. The first-order chi connectivity index (χ1) is 5.86. The largest absolute Gasteiger partial charge is 0.383 e. The molecule has 1 aromatic rings. The van der Waals surface area contributed by atoms with Crippen molar-refractivity contribution in [2.75, 3.05) is 13.1 Å². The number of aromatic amines is 1. The van der Waals surface area contributed by atoms with Crippen molar-refractivity contribution in [2.24, 2.45) is 0 Å². The van der Waals surface area contributed by atoms with Gasteiger partial charge in [0.05, 0.1) is 0 Å². The Morgan fingerprint density at radius 3 is 2.62 bits per heavy atom. The van der Waals surface area contributed by atoms with E-state index in [-0.39, 0.29) is 22.5 Å². The second-order valence-corrected chi connectivity index (χ2v) is 3.14. The van der Waals surface area contributed by atoms with E-state index in [4.69, 9.17) is 4.52 Å². The van der Waals surface area contributed by atoms with Crippen molar-refractivity contribution in [3.63, 3.8) is 0 Å². The summed E-state index contributed by atoms with van der Waals surface area (Å²) in [4.78, 5) is 10.8. The maximum Gasteiger partial charge on any atom is 0.280 e. The maximum absolute atomic E-state index is 10.8. The molecule has 0 atom stereocenters. The van der Waals surface area contributed by atoms with E-state index < -0.39 is 0 Å². The first-order valence-electron chi connectivity index (χ1n) is 4.25. The van der Waals surface area contributed by atoms with Gasteiger partial charge in [0, 0.05) is 12.0 Å². The Hall–Kier alpha value is -0.550. The van der Waals surface area contributed by atoms with Gasteiger partial charge in [-0.2, -0.15) is 5.16 Å². The molecule has 0 aromatic carbocycles. The highest BCUT2D eigenvalue weighted by Gasteiger charge is 2.18. The van der Waals surface area contributed by atoms with Crippen LogP contribution in [0.4, 0.5) is 0 Å². The Balaban J connectivity index is 0.000000845. The molecule has 13 heavy (non-hydrogen) atoms. The molecule has 2 heterocycles. The van der Waals surface area contributed by atoms with Gasteiger partial charge in [-0.25, -0.2) is 0 Å². The van der Waals surface area contributed by atoms with Crippen LogP contribution < -0.4 is 10.9 Å². The highest BCUT2D eigenvalue weighted by Crippen LogP contribution is 2.23. The molecular weight excluding hydrogens is 236 g/mol. The number of rotatable bonds is 1. The van der Waals surface area contributed by atoms with E-state index in [2.05, 4.69) is 10.5 Å². The molecule has 1 aliphatic heterocycles. The van der Waals surface area contributed by atoms with Crippen molar-refractivity contribution in [2.45, 2.75) is 18.8 Å². The van der Waals surface area contributed by atoms with Gasteiger partial charge in [0.1, 0.15) is 5.76 Å². The van der Waals surface area contributed by atoms with Crippen molar-refractivity contribution in [3.05, 3.63) is 22.2 Å². The topological polar surface area (TPSA) is 58.0 Å². The summed E-state index contributed by atoms with van der Waals surface area (Å²) >= 11 is 0. The van der Waals surface area contributed by atoms with Gasteiger partial charge in [0.15, 0.2) is 0 Å². The zero-order valence-electron chi connectivity index (χ0n) is 7.21. The summed E-state index contributed by atoms with van der Waals surface area (Å²) in [5.41, 5.74) is -0.136. The van der Waals surface area contributed by atoms with Crippen LogP contribution in [0, 0.1) is 0 Å². The standard InChI is InChI=1S/C8H12N2O2.BrH/c11-8-5-7(12-10-8)6-1-3-9-4-2-6;/h5-6,9H,1-4H2,(H,10,11);1H. The molecule has 0 radical (unpaired) electrons. The molecule has 0 saturated carbocycles. The first-order valence-corrected chi connectivity index (χ1v) is 4.25. The normalized spacial score (nSPS) is 18.2. The average Bonchev–Trinajstić information content (AvgIpc) is 2.54. The van der Waals surface area contributed by atoms with E-state index in [1.54, 1.807) is 6.07 Å². The third kappa shape index (κ3) is 2.45. The number of aromatic nitrogens is 1. The number of hydrogen-bond acceptors (Lipinski definition) is 3. The molecule has 0 spiro atoms. The predicted octanol–water partition coefficient (Wildman–Crippen LogP) is 1.01. The predicted molar refractivity (Wildman–Crippen MR) is 54.5 cm³/mol. The number of hydrogen-bond donors (Lipinski definition) is 2. The van der Waals surface area contributed by atoms with Gasteiger partial charge in [0.2, 0.25) is 0 Å². The molecule has 2 N–H and O–H groups in total. The third-order valence-corrected chi connectivity index (χ3v) is 2.28. The molecular formula is C8H13BrN2O2. The van der Waals surface area contributed by atoms with E-state index in [0.29, 0.717) is 5.92 Å². The molecule has 4 nitrogen and oxygen atoms in total. The minimum Gasteiger partial charge on any atom is -0.383 e. The fourth-order valence-corrected chi connectivity index (χ4v) is 1.60. The zero-order chi connectivity index (χ0) is 8.39. The molecule has 0 amide bonds. The lowest BCUT2D eigenvalue weighted by Crippen LogP contribution is -2.26. The van der Waals surface area contributed by atoms with Gasteiger partial charge in [-0.05, 0) is 25.9 Å². The van der Waals surface area contributed by atoms with Crippen LogP contribution in [0.1, 0.15) is 24.5 Å². The van der Waals surface area contributed by atoms with Gasteiger partial charge < -0.3 is 9.84 Å². The van der Waals surface area contributed by atoms with E-state index in [1.165, 1.54) is 0 Å². The van der Waals surface area contributed by atoms with E-state index in [9.17, 15) is 4.79 Å². The second-order valence-electron chi connectivity index (χ2n) is 3.14. The Morgan fingerprint density at radius 1 is 1.38 bits per heavy atom. The number of halogens is 1. The fourth-order valence-electron chi connectivity index (χ4n) is 1.60. The van der Waals surface area contributed by atoms with Crippen molar-refractivity contribution in [1.29, 1.82) is 0 Å². The van der Waals surface area contributed by atoms with Crippen LogP contribution in [-0.2, 0) is 0 Å². The van der Waals surface area contributed by atoms with Gasteiger partial charge in [-0.1, -0.05) is 0 Å². The second kappa shape index (κ2) is 4.62. The summed E-state index contributed by atoms with van der Waals surface area (Å²) in [5, 5.41) is 5.58. The Morgan fingerprint density at radius 2 is 2.08 bits per heavy atom. The minimum atomic E-state index is -0.136. The van der Waals surface area contributed by atoms with Crippen LogP contribution in [0.2, 0.25) is 0 Å². The van der Waals surface area contributed by atoms with Crippen LogP contribution >= 0.6 is 17.0 Å². The monoisotopic (exact) mass is 248 g/mol. The SMILES string of the molecule is Br.O=c1cc(C2CCNCC2)o[nH]1. The summed E-state index contributed by atoms with van der Waals surface area (Å²) in [6.45, 7) is 2.03.